The van der Waals surface area contributed by atoms with E-state index in [1.165, 1.54) is 0 Å². The first kappa shape index (κ1) is 11.2. The van der Waals surface area contributed by atoms with Crippen molar-refractivity contribution in [3.05, 3.63) is 10.4 Å². The summed E-state index contributed by atoms with van der Waals surface area (Å²) in [6.45, 7) is 1.17. The molecule has 7 heteroatoms. The fourth-order valence-corrected chi connectivity index (χ4v) is 1.42. The number of aliphatic hydroxyl groups is 3. The average Bonchev–Trinajstić information content (AvgIpc) is 2.19. The van der Waals surface area contributed by atoms with Gasteiger partial charge in [-0.3, -0.25) is 0 Å². The van der Waals surface area contributed by atoms with Crippen molar-refractivity contribution in [3.8, 4) is 0 Å². The second-order valence-electron chi connectivity index (χ2n) is 3.29. The van der Waals surface area contributed by atoms with Crippen molar-refractivity contribution in [3.63, 3.8) is 0 Å². The van der Waals surface area contributed by atoms with E-state index in [1.54, 1.807) is 6.92 Å². The van der Waals surface area contributed by atoms with E-state index in [1.807, 2.05) is 0 Å². The molecule has 1 aliphatic heterocycles. The summed E-state index contributed by atoms with van der Waals surface area (Å²) < 4.78 is 5.09. The molecule has 3 N–H and O–H groups in total. The van der Waals surface area contributed by atoms with E-state index in [-0.39, 0.29) is 0 Å². The minimum atomic E-state index is -1.15. The van der Waals surface area contributed by atoms with Gasteiger partial charge >= 0.3 is 0 Å². The number of nitrogens with zero attached hydrogens (tertiary/aromatic N) is 3. The second kappa shape index (κ2) is 4.59. The number of hydrogen-bond donors (Lipinski definition) is 3. The number of rotatable bonds is 2. The predicted octanol–water partition coefficient (Wildman–Crippen LogP) is -0.628. The summed E-state index contributed by atoms with van der Waals surface area (Å²) in [4.78, 5) is 2.56. The largest absolute Gasteiger partial charge is 0.394 e. The van der Waals surface area contributed by atoms with Crippen LogP contribution in [0.1, 0.15) is 6.92 Å². The van der Waals surface area contributed by atoms with Crippen LogP contribution >= 0.6 is 0 Å². The van der Waals surface area contributed by atoms with Gasteiger partial charge in [0.15, 0.2) is 0 Å². The highest BCUT2D eigenvalue weighted by atomic mass is 16.5. The zero-order valence-electron chi connectivity index (χ0n) is 7.69. The Morgan fingerprint density at radius 3 is 2.57 bits per heavy atom. The van der Waals surface area contributed by atoms with Crippen molar-refractivity contribution in [2.75, 3.05) is 6.61 Å². The van der Waals surface area contributed by atoms with Gasteiger partial charge in [-0.1, -0.05) is 12.0 Å². The van der Waals surface area contributed by atoms with Crippen LogP contribution in [0.15, 0.2) is 5.11 Å². The van der Waals surface area contributed by atoms with Crippen molar-refractivity contribution in [1.29, 1.82) is 0 Å². The second-order valence-corrected chi connectivity index (χ2v) is 3.29. The first-order valence-electron chi connectivity index (χ1n) is 4.28. The number of ether oxygens (including phenoxy) is 1. The standard InChI is InChI=1S/C7H13N3O4/c1-3-5(12)6(13)4(2-11)14-7(3)9-10-8/h3-7,11-13H,2H2,1H3/t3?,4?,5-,6+,7-/m1/s1. The normalized spacial score (nSPS) is 43.0. The molecule has 80 valence electrons. The first-order valence-corrected chi connectivity index (χ1v) is 4.28. The number of azide groups is 1. The molecule has 0 spiro atoms. The van der Waals surface area contributed by atoms with E-state index in [2.05, 4.69) is 10.0 Å². The lowest BCUT2D eigenvalue weighted by atomic mass is 9.92. The van der Waals surface area contributed by atoms with E-state index in [0.717, 1.165) is 0 Å². The minimum absolute atomic E-state index is 0.428. The Kier molecular flexibility index (Phi) is 3.68. The van der Waals surface area contributed by atoms with Crippen molar-refractivity contribution in [2.24, 2.45) is 11.0 Å². The Morgan fingerprint density at radius 2 is 2.07 bits per heavy atom. The molecule has 1 heterocycles. The van der Waals surface area contributed by atoms with Crippen LogP contribution in [0.2, 0.25) is 0 Å². The van der Waals surface area contributed by atoms with Crippen LogP contribution in [-0.4, -0.2) is 46.5 Å². The Hall–Kier alpha value is -0.850. The lowest BCUT2D eigenvalue weighted by Gasteiger charge is -2.39. The lowest BCUT2D eigenvalue weighted by Crippen LogP contribution is -2.54. The van der Waals surface area contributed by atoms with Crippen LogP contribution in [0, 0.1) is 5.92 Å². The van der Waals surface area contributed by atoms with Crippen molar-refractivity contribution in [2.45, 2.75) is 31.5 Å². The maximum atomic E-state index is 9.52. The smallest absolute Gasteiger partial charge is 0.142 e. The molecule has 0 bridgehead atoms. The van der Waals surface area contributed by atoms with Gasteiger partial charge in [-0.05, 0) is 5.53 Å². The highest BCUT2D eigenvalue weighted by molar-refractivity contribution is 4.88. The molecular weight excluding hydrogens is 190 g/mol. The van der Waals surface area contributed by atoms with Crippen molar-refractivity contribution >= 4 is 0 Å². The summed E-state index contributed by atoms with van der Waals surface area (Å²) in [5, 5.41) is 31.1. The Bertz CT molecular complexity index is 241. The Morgan fingerprint density at radius 1 is 1.43 bits per heavy atom. The molecular formula is C7H13N3O4. The minimum Gasteiger partial charge on any atom is -0.394 e. The van der Waals surface area contributed by atoms with E-state index >= 15 is 0 Å². The van der Waals surface area contributed by atoms with Crippen molar-refractivity contribution in [1.82, 2.24) is 0 Å². The van der Waals surface area contributed by atoms with E-state index in [0.29, 0.717) is 0 Å². The van der Waals surface area contributed by atoms with E-state index < -0.39 is 37.1 Å². The monoisotopic (exact) mass is 203 g/mol. The summed E-state index contributed by atoms with van der Waals surface area (Å²) in [6, 6.07) is 0. The average molecular weight is 203 g/mol. The molecule has 1 aliphatic rings. The summed E-state index contributed by atoms with van der Waals surface area (Å²) in [5.74, 6) is -0.497. The molecule has 5 atom stereocenters. The van der Waals surface area contributed by atoms with Crippen LogP contribution in [0.5, 0.6) is 0 Å². The molecule has 7 nitrogen and oxygen atoms in total. The fourth-order valence-electron chi connectivity index (χ4n) is 1.42. The SMILES string of the molecule is CC1[C@H](N=[N+]=[N-])OC(CO)[C@H](O)[C@@H]1O. The fraction of sp³-hybridized carbons (Fsp3) is 1.00. The molecule has 2 unspecified atom stereocenters. The number of hydrogen-bond acceptors (Lipinski definition) is 5. The van der Waals surface area contributed by atoms with Crippen LogP contribution in [0.4, 0.5) is 0 Å². The third kappa shape index (κ3) is 1.97. The Labute approximate surface area is 80.6 Å². The third-order valence-electron chi connectivity index (χ3n) is 2.38. The van der Waals surface area contributed by atoms with Gasteiger partial charge in [-0.2, -0.15) is 0 Å². The predicted molar refractivity (Wildman–Crippen MR) is 46.1 cm³/mol. The zero-order chi connectivity index (χ0) is 10.7. The third-order valence-corrected chi connectivity index (χ3v) is 2.38. The topological polar surface area (TPSA) is 119 Å². The molecule has 0 aromatic heterocycles. The molecule has 0 aromatic carbocycles. The summed E-state index contributed by atoms with van der Waals surface area (Å²) >= 11 is 0. The van der Waals surface area contributed by atoms with Gasteiger partial charge in [0.2, 0.25) is 0 Å². The van der Waals surface area contributed by atoms with Gasteiger partial charge in [0, 0.05) is 10.8 Å². The van der Waals surface area contributed by atoms with E-state index in [9.17, 15) is 10.2 Å². The lowest BCUT2D eigenvalue weighted by molar-refractivity contribution is -0.203. The van der Waals surface area contributed by atoms with Gasteiger partial charge in [0.25, 0.3) is 0 Å². The number of aliphatic hydroxyl groups excluding tert-OH is 3. The quantitative estimate of drug-likeness (QED) is 0.314. The van der Waals surface area contributed by atoms with Crippen LogP contribution in [0.25, 0.3) is 10.4 Å². The highest BCUT2D eigenvalue weighted by Crippen LogP contribution is 2.26. The van der Waals surface area contributed by atoms with Crippen LogP contribution in [0.3, 0.4) is 0 Å². The van der Waals surface area contributed by atoms with E-state index in [4.69, 9.17) is 15.4 Å². The molecule has 0 aromatic rings. The molecule has 0 aliphatic carbocycles. The molecule has 14 heavy (non-hydrogen) atoms. The van der Waals surface area contributed by atoms with Gasteiger partial charge in [-0.25, -0.2) is 0 Å². The van der Waals surface area contributed by atoms with Crippen LogP contribution in [-0.2, 0) is 4.74 Å². The molecule has 0 radical (unpaired) electrons. The van der Waals surface area contributed by atoms with Gasteiger partial charge in [0.05, 0.1) is 12.7 Å². The molecule has 0 amide bonds. The zero-order valence-corrected chi connectivity index (χ0v) is 7.69. The van der Waals surface area contributed by atoms with Gasteiger partial charge < -0.3 is 20.1 Å². The molecule has 0 saturated carbocycles. The van der Waals surface area contributed by atoms with Gasteiger partial charge in [0.1, 0.15) is 18.4 Å². The first-order chi connectivity index (χ1) is 6.61. The van der Waals surface area contributed by atoms with Gasteiger partial charge in [-0.15, -0.1) is 0 Å². The summed E-state index contributed by atoms with van der Waals surface area (Å²) in [7, 11) is 0. The molecule has 1 rings (SSSR count). The molecule has 1 saturated heterocycles. The van der Waals surface area contributed by atoms with Crippen molar-refractivity contribution < 1.29 is 20.1 Å². The maximum absolute atomic E-state index is 9.52. The highest BCUT2D eigenvalue weighted by Gasteiger charge is 2.41. The van der Waals surface area contributed by atoms with Crippen LogP contribution < -0.4 is 0 Å². The maximum Gasteiger partial charge on any atom is 0.142 e. The summed E-state index contributed by atoms with van der Waals surface area (Å²) in [6.07, 6.45) is -3.97. The Balaban J connectivity index is 2.77. The molecule has 1 fully saturated rings. The summed E-state index contributed by atoms with van der Waals surface area (Å²) in [5.41, 5.74) is 8.22.